The first-order valence-corrected chi connectivity index (χ1v) is 9.63. The molecule has 0 atom stereocenters. The third-order valence-corrected chi connectivity index (χ3v) is 4.70. The van der Waals surface area contributed by atoms with Crippen LogP contribution in [0.5, 0.6) is 0 Å². The smallest absolute Gasteiger partial charge is 0.380 e. The van der Waals surface area contributed by atoms with E-state index in [1.807, 2.05) is 18.2 Å². The number of Topliss-reactive ketones (excluding diaryl/α,β-unsaturated/α-hetero) is 1. The van der Waals surface area contributed by atoms with E-state index in [-0.39, 0.29) is 22.0 Å². The van der Waals surface area contributed by atoms with E-state index in [2.05, 4.69) is 10.4 Å². The maximum absolute atomic E-state index is 12.6. The van der Waals surface area contributed by atoms with Gasteiger partial charge < -0.3 is 10.1 Å². The lowest BCUT2D eigenvalue weighted by Gasteiger charge is -2.08. The maximum Gasteiger partial charge on any atom is 0.380 e. The summed E-state index contributed by atoms with van der Waals surface area (Å²) in [5.74, 6) is -3.08. The number of ether oxygens (including phenoxy) is 1. The number of rotatable bonds is 7. The molecule has 10 nitrogen and oxygen atoms in total. The number of carbonyl (C=O) groups excluding carboxylic acids is 3. The largest absolute Gasteiger partial charge is 0.450 e. The van der Waals surface area contributed by atoms with Gasteiger partial charge in [0.2, 0.25) is 0 Å². The van der Waals surface area contributed by atoms with Gasteiger partial charge in [0.05, 0.1) is 27.6 Å². The molecule has 11 heteroatoms. The lowest BCUT2D eigenvalue weighted by atomic mass is 10.1. The van der Waals surface area contributed by atoms with Crippen molar-refractivity contribution in [2.45, 2.75) is 13.8 Å². The van der Waals surface area contributed by atoms with Crippen LogP contribution in [-0.4, -0.2) is 39.0 Å². The number of aromatic nitrogens is 2. The van der Waals surface area contributed by atoms with Crippen LogP contribution in [0.2, 0.25) is 5.02 Å². The van der Waals surface area contributed by atoms with Gasteiger partial charge in [-0.25, -0.2) is 9.48 Å². The lowest BCUT2D eigenvalue weighted by molar-refractivity contribution is -0.383. The Kier molecular flexibility index (Phi) is 6.64. The topological polar surface area (TPSA) is 133 Å². The maximum atomic E-state index is 12.6. The molecule has 0 saturated carbocycles. The van der Waals surface area contributed by atoms with E-state index >= 15 is 0 Å². The Morgan fingerprint density at radius 2 is 1.84 bits per heavy atom. The van der Waals surface area contributed by atoms with Crippen molar-refractivity contribution in [3.05, 3.63) is 80.6 Å². The number of nitro benzene ring substituents is 1. The van der Waals surface area contributed by atoms with Crippen LogP contribution in [0.25, 0.3) is 5.69 Å². The first-order valence-electron chi connectivity index (χ1n) is 9.26. The zero-order valence-corrected chi connectivity index (χ0v) is 17.8. The summed E-state index contributed by atoms with van der Waals surface area (Å²) in [7, 11) is 0. The van der Waals surface area contributed by atoms with Crippen molar-refractivity contribution in [2.24, 2.45) is 0 Å². The molecule has 0 aliphatic carbocycles. The van der Waals surface area contributed by atoms with Gasteiger partial charge in [0.25, 0.3) is 17.4 Å². The molecule has 1 amide bonds. The van der Waals surface area contributed by atoms with Crippen LogP contribution in [0.3, 0.4) is 0 Å². The molecule has 3 rings (SSSR count). The second kappa shape index (κ2) is 9.40. The van der Waals surface area contributed by atoms with Gasteiger partial charge in [-0.2, -0.15) is 5.10 Å². The van der Waals surface area contributed by atoms with Crippen LogP contribution in [0.1, 0.15) is 21.7 Å². The molecule has 0 radical (unpaired) electrons. The minimum absolute atomic E-state index is 0.0738. The number of carbonyl (C=O) groups is 3. The van der Waals surface area contributed by atoms with Gasteiger partial charge in [0.1, 0.15) is 5.69 Å². The summed E-state index contributed by atoms with van der Waals surface area (Å²) in [5, 5.41) is 17.8. The van der Waals surface area contributed by atoms with Crippen LogP contribution < -0.4 is 5.32 Å². The number of nitrogens with zero attached hydrogens (tertiary/aromatic N) is 3. The Balaban J connectivity index is 1.69. The molecule has 0 spiro atoms. The predicted octanol–water partition coefficient (Wildman–Crippen LogP) is 3.42. The predicted molar refractivity (Wildman–Crippen MR) is 115 cm³/mol. The van der Waals surface area contributed by atoms with Crippen LogP contribution in [0, 0.1) is 24.0 Å². The molecule has 2 aromatic carbocycles. The van der Waals surface area contributed by atoms with Crippen molar-refractivity contribution in [1.82, 2.24) is 9.78 Å². The molecule has 1 aromatic heterocycles. The van der Waals surface area contributed by atoms with Crippen molar-refractivity contribution >= 4 is 40.6 Å². The Hall–Kier alpha value is -4.05. The van der Waals surface area contributed by atoms with E-state index in [9.17, 15) is 24.5 Å². The number of para-hydroxylation sites is 1. The van der Waals surface area contributed by atoms with Gasteiger partial charge >= 0.3 is 5.97 Å². The van der Waals surface area contributed by atoms with Crippen LogP contribution in [0.15, 0.2) is 48.5 Å². The number of benzene rings is 2. The summed E-state index contributed by atoms with van der Waals surface area (Å²) in [6.45, 7) is 2.40. The van der Waals surface area contributed by atoms with E-state index in [1.54, 1.807) is 26.0 Å². The van der Waals surface area contributed by atoms with Crippen molar-refractivity contribution < 1.29 is 24.0 Å². The highest BCUT2D eigenvalue weighted by atomic mass is 35.5. The highest BCUT2D eigenvalue weighted by molar-refractivity contribution is 6.41. The lowest BCUT2D eigenvalue weighted by Crippen LogP contribution is -2.25. The van der Waals surface area contributed by atoms with Crippen molar-refractivity contribution in [3.8, 4) is 5.69 Å². The molecule has 1 heterocycles. The number of amides is 1. The summed E-state index contributed by atoms with van der Waals surface area (Å²) < 4.78 is 6.34. The highest BCUT2D eigenvalue weighted by Crippen LogP contribution is 2.27. The van der Waals surface area contributed by atoms with Crippen LogP contribution in [-0.2, 0) is 14.3 Å². The summed E-state index contributed by atoms with van der Waals surface area (Å²) >= 11 is 5.81. The fraction of sp³-hybridized carbons (Fsp3) is 0.143. The van der Waals surface area contributed by atoms with E-state index in [0.29, 0.717) is 17.1 Å². The third kappa shape index (κ3) is 4.81. The van der Waals surface area contributed by atoms with Gasteiger partial charge in [-0.15, -0.1) is 0 Å². The number of ketones is 1. The van der Waals surface area contributed by atoms with Gasteiger partial charge in [-0.3, -0.25) is 19.7 Å². The van der Waals surface area contributed by atoms with Crippen molar-refractivity contribution in [3.63, 3.8) is 0 Å². The third-order valence-electron chi connectivity index (χ3n) is 4.47. The molecular formula is C21H17ClN4O6. The van der Waals surface area contributed by atoms with Crippen LogP contribution in [0.4, 0.5) is 11.4 Å². The standard InChI is InChI=1S/C21H17ClN4O6/c1-12-19(13(2)25(24-12)15-6-4-3-5-7-15)20(28)21(29)32-11-18(27)23-16-10-14(22)8-9-17(16)26(30)31/h3-10H,11H2,1-2H3,(H,23,27). The number of anilines is 1. The summed E-state index contributed by atoms with van der Waals surface area (Å²) in [5.41, 5.74) is 1.00. The number of aryl methyl sites for hydroxylation is 1. The second-order valence-corrected chi connectivity index (χ2v) is 7.10. The molecule has 0 saturated heterocycles. The molecule has 0 unspecified atom stereocenters. The number of hydrogen-bond acceptors (Lipinski definition) is 7. The molecule has 32 heavy (non-hydrogen) atoms. The van der Waals surface area contributed by atoms with Crippen molar-refractivity contribution in [1.29, 1.82) is 0 Å². The summed E-state index contributed by atoms with van der Waals surface area (Å²) in [6, 6.07) is 12.7. The minimum Gasteiger partial charge on any atom is -0.450 e. The molecule has 164 valence electrons. The number of nitro groups is 1. The Morgan fingerprint density at radius 3 is 2.50 bits per heavy atom. The van der Waals surface area contributed by atoms with Gasteiger partial charge in [-0.05, 0) is 38.1 Å². The number of hydrogen-bond donors (Lipinski definition) is 1. The van der Waals surface area contributed by atoms with Gasteiger partial charge in [0, 0.05) is 11.1 Å². The first-order chi connectivity index (χ1) is 15.2. The van der Waals surface area contributed by atoms with E-state index < -0.39 is 29.2 Å². The normalized spacial score (nSPS) is 10.5. The molecule has 0 fully saturated rings. The second-order valence-electron chi connectivity index (χ2n) is 6.67. The van der Waals surface area contributed by atoms with E-state index in [1.165, 1.54) is 16.8 Å². The molecule has 0 aliphatic heterocycles. The number of esters is 1. The van der Waals surface area contributed by atoms with Gasteiger partial charge in [-0.1, -0.05) is 29.8 Å². The average molecular weight is 457 g/mol. The Morgan fingerprint density at radius 1 is 1.16 bits per heavy atom. The van der Waals surface area contributed by atoms with Crippen LogP contribution >= 0.6 is 11.6 Å². The average Bonchev–Trinajstić information content (AvgIpc) is 3.05. The highest BCUT2D eigenvalue weighted by Gasteiger charge is 2.27. The fourth-order valence-corrected chi connectivity index (χ4v) is 3.22. The molecule has 3 aromatic rings. The molecule has 0 aliphatic rings. The minimum atomic E-state index is -1.25. The summed E-state index contributed by atoms with van der Waals surface area (Å²) in [4.78, 5) is 47.4. The zero-order valence-electron chi connectivity index (χ0n) is 17.0. The first kappa shape index (κ1) is 22.6. The van der Waals surface area contributed by atoms with E-state index in [4.69, 9.17) is 16.3 Å². The Labute approximate surface area is 186 Å². The number of nitrogens with one attached hydrogen (secondary N) is 1. The van der Waals surface area contributed by atoms with Gasteiger partial charge in [0.15, 0.2) is 6.61 Å². The Bertz CT molecular complexity index is 1220. The fourth-order valence-electron chi connectivity index (χ4n) is 3.04. The SMILES string of the molecule is Cc1nn(-c2ccccc2)c(C)c1C(=O)C(=O)OCC(=O)Nc1cc(Cl)ccc1[N+](=O)[O-]. The van der Waals surface area contributed by atoms with E-state index in [0.717, 1.165) is 6.07 Å². The number of halogens is 1. The molecule has 0 bridgehead atoms. The quantitative estimate of drug-likeness (QED) is 0.189. The molecule has 1 N–H and O–H groups in total. The monoisotopic (exact) mass is 456 g/mol. The zero-order chi connectivity index (χ0) is 23.4. The summed E-state index contributed by atoms with van der Waals surface area (Å²) in [6.07, 6.45) is 0. The van der Waals surface area contributed by atoms with Crippen molar-refractivity contribution in [2.75, 3.05) is 11.9 Å². The molecular weight excluding hydrogens is 440 g/mol.